The highest BCUT2D eigenvalue weighted by atomic mass is 19.1. The van der Waals surface area contributed by atoms with E-state index < -0.39 is 23.2 Å². The first-order chi connectivity index (χ1) is 15.8. The number of fused-ring (bicyclic) bond motifs is 2. The van der Waals surface area contributed by atoms with Gasteiger partial charge >= 0.3 is 0 Å². The first-order valence-electron chi connectivity index (χ1n) is 10.3. The SMILES string of the molecule is COc1cc(C2c3c(oc4ccc(F)cc4c3=O)C(=O)N2c2ccc(C)c(C)c2)ccc1O. The maximum absolute atomic E-state index is 13.9. The fourth-order valence-corrected chi connectivity index (χ4v) is 4.27. The molecule has 1 N–H and O–H groups in total. The Bertz CT molecular complexity index is 1510. The van der Waals surface area contributed by atoms with Crippen molar-refractivity contribution in [1.82, 2.24) is 0 Å². The van der Waals surface area contributed by atoms with Gasteiger partial charge in [0.05, 0.1) is 24.1 Å². The van der Waals surface area contributed by atoms with Crippen LogP contribution in [0.5, 0.6) is 11.5 Å². The number of aromatic hydroxyl groups is 1. The van der Waals surface area contributed by atoms with Crippen LogP contribution >= 0.6 is 0 Å². The molecule has 166 valence electrons. The Morgan fingerprint density at radius 3 is 2.52 bits per heavy atom. The number of ether oxygens (including phenoxy) is 1. The molecule has 5 rings (SSSR count). The monoisotopic (exact) mass is 445 g/mol. The van der Waals surface area contributed by atoms with Gasteiger partial charge in [0.25, 0.3) is 5.91 Å². The molecular weight excluding hydrogens is 425 g/mol. The molecule has 0 saturated carbocycles. The summed E-state index contributed by atoms with van der Waals surface area (Å²) in [7, 11) is 1.42. The number of rotatable bonds is 3. The Hall–Kier alpha value is -4.13. The molecule has 1 aromatic heterocycles. The molecule has 3 aromatic carbocycles. The number of carbonyl (C=O) groups is 1. The molecule has 1 unspecified atom stereocenters. The predicted octanol–water partition coefficient (Wildman–Crippen LogP) is 5.01. The number of nitrogens with zero attached hydrogens (tertiary/aromatic N) is 1. The maximum Gasteiger partial charge on any atom is 0.295 e. The number of phenols is 1. The third kappa shape index (κ3) is 3.16. The van der Waals surface area contributed by atoms with E-state index in [0.717, 1.165) is 17.2 Å². The van der Waals surface area contributed by atoms with Gasteiger partial charge in [-0.05, 0) is 73.0 Å². The van der Waals surface area contributed by atoms with Crippen LogP contribution in [0.15, 0.2) is 63.8 Å². The minimum Gasteiger partial charge on any atom is -0.504 e. The molecule has 0 aliphatic carbocycles. The van der Waals surface area contributed by atoms with Gasteiger partial charge in [-0.2, -0.15) is 0 Å². The van der Waals surface area contributed by atoms with Gasteiger partial charge in [-0.1, -0.05) is 12.1 Å². The smallest absolute Gasteiger partial charge is 0.295 e. The average molecular weight is 445 g/mol. The van der Waals surface area contributed by atoms with Crippen LogP contribution in [0.25, 0.3) is 11.0 Å². The summed E-state index contributed by atoms with van der Waals surface area (Å²) in [6.45, 7) is 3.90. The van der Waals surface area contributed by atoms with E-state index in [1.165, 1.54) is 30.2 Å². The van der Waals surface area contributed by atoms with Crippen molar-refractivity contribution in [2.45, 2.75) is 19.9 Å². The zero-order chi connectivity index (χ0) is 23.4. The summed E-state index contributed by atoms with van der Waals surface area (Å²) in [6, 6.07) is 13.0. The van der Waals surface area contributed by atoms with Crippen LogP contribution in [0.4, 0.5) is 10.1 Å². The van der Waals surface area contributed by atoms with E-state index in [-0.39, 0.29) is 33.8 Å². The molecule has 7 heteroatoms. The predicted molar refractivity (Wildman–Crippen MR) is 122 cm³/mol. The van der Waals surface area contributed by atoms with E-state index in [9.17, 15) is 19.1 Å². The molecule has 1 aliphatic rings. The molecule has 1 atom stereocenters. The highest BCUT2D eigenvalue weighted by Crippen LogP contribution is 2.43. The lowest BCUT2D eigenvalue weighted by Gasteiger charge is -2.26. The second-order valence-electron chi connectivity index (χ2n) is 8.09. The molecule has 4 aromatic rings. The molecular formula is C26H20FNO5. The van der Waals surface area contributed by atoms with Crippen molar-refractivity contribution in [1.29, 1.82) is 0 Å². The minimum atomic E-state index is -0.854. The number of carbonyl (C=O) groups excluding carboxylic acids is 1. The van der Waals surface area contributed by atoms with Crippen LogP contribution in [0.3, 0.4) is 0 Å². The maximum atomic E-state index is 13.9. The number of halogens is 1. The fourth-order valence-electron chi connectivity index (χ4n) is 4.27. The Morgan fingerprint density at radius 1 is 1.00 bits per heavy atom. The van der Waals surface area contributed by atoms with E-state index >= 15 is 0 Å². The quantitative estimate of drug-likeness (QED) is 0.479. The van der Waals surface area contributed by atoms with Crippen molar-refractivity contribution in [2.24, 2.45) is 0 Å². The van der Waals surface area contributed by atoms with Crippen LogP contribution in [0.2, 0.25) is 0 Å². The lowest BCUT2D eigenvalue weighted by Crippen LogP contribution is -2.29. The molecule has 0 fully saturated rings. The summed E-state index contributed by atoms with van der Waals surface area (Å²) in [5.41, 5.74) is 2.93. The van der Waals surface area contributed by atoms with Crippen LogP contribution in [-0.2, 0) is 0 Å². The van der Waals surface area contributed by atoms with Gasteiger partial charge in [0.1, 0.15) is 11.4 Å². The summed E-state index contributed by atoms with van der Waals surface area (Å²) in [5.74, 6) is -1.02. The fraction of sp³-hybridized carbons (Fsp3) is 0.154. The number of anilines is 1. The largest absolute Gasteiger partial charge is 0.504 e. The van der Waals surface area contributed by atoms with Crippen LogP contribution in [-0.4, -0.2) is 18.1 Å². The average Bonchev–Trinajstić information content (AvgIpc) is 3.09. The van der Waals surface area contributed by atoms with Crippen molar-refractivity contribution in [3.8, 4) is 11.5 Å². The highest BCUT2D eigenvalue weighted by molar-refractivity contribution is 6.10. The molecule has 6 nitrogen and oxygen atoms in total. The summed E-state index contributed by atoms with van der Waals surface area (Å²) in [4.78, 5) is 28.6. The van der Waals surface area contributed by atoms with Gasteiger partial charge in [-0.3, -0.25) is 14.5 Å². The van der Waals surface area contributed by atoms with Crippen molar-refractivity contribution >= 4 is 22.6 Å². The van der Waals surface area contributed by atoms with E-state index in [1.807, 2.05) is 26.0 Å². The van der Waals surface area contributed by atoms with E-state index in [2.05, 4.69) is 0 Å². The van der Waals surface area contributed by atoms with Crippen LogP contribution in [0.1, 0.15) is 38.9 Å². The third-order valence-electron chi connectivity index (χ3n) is 6.12. The van der Waals surface area contributed by atoms with Gasteiger partial charge in [0.2, 0.25) is 5.76 Å². The first kappa shape index (κ1) is 20.8. The van der Waals surface area contributed by atoms with Crippen LogP contribution < -0.4 is 15.1 Å². The molecule has 0 spiro atoms. The summed E-state index contributed by atoms with van der Waals surface area (Å²) < 4.78 is 25.0. The minimum absolute atomic E-state index is 0.0548. The van der Waals surface area contributed by atoms with Crippen molar-refractivity contribution in [3.05, 3.63) is 98.7 Å². The summed E-state index contributed by atoms with van der Waals surface area (Å²) in [6.07, 6.45) is 0. The number of benzene rings is 3. The molecule has 0 saturated heterocycles. The number of methoxy groups -OCH3 is 1. The van der Waals surface area contributed by atoms with E-state index in [1.54, 1.807) is 18.2 Å². The highest BCUT2D eigenvalue weighted by Gasteiger charge is 2.44. The van der Waals surface area contributed by atoms with E-state index in [0.29, 0.717) is 11.3 Å². The van der Waals surface area contributed by atoms with Gasteiger partial charge < -0.3 is 14.3 Å². The van der Waals surface area contributed by atoms with Gasteiger partial charge in [-0.25, -0.2) is 4.39 Å². The van der Waals surface area contributed by atoms with Crippen molar-refractivity contribution in [3.63, 3.8) is 0 Å². The standard InChI is InChI=1S/C26H20FNO5/c1-13-4-7-17(10-14(13)2)28-23(15-5-8-19(29)21(11-15)32-3)22-24(30)18-12-16(27)6-9-20(18)33-25(22)26(28)31/h4-12,23,29H,1-3H3. The third-order valence-corrected chi connectivity index (χ3v) is 6.12. The van der Waals surface area contributed by atoms with Crippen LogP contribution in [0, 0.1) is 19.7 Å². The van der Waals surface area contributed by atoms with Gasteiger partial charge in [0, 0.05) is 5.69 Å². The number of phenolic OH excluding ortho intramolecular Hbond substituents is 1. The Labute approximate surface area is 188 Å². The molecule has 2 heterocycles. The van der Waals surface area contributed by atoms with E-state index in [4.69, 9.17) is 9.15 Å². The zero-order valence-electron chi connectivity index (χ0n) is 18.2. The zero-order valence-corrected chi connectivity index (χ0v) is 18.2. The number of aryl methyl sites for hydroxylation is 2. The lowest BCUT2D eigenvalue weighted by atomic mass is 9.97. The second-order valence-corrected chi connectivity index (χ2v) is 8.09. The van der Waals surface area contributed by atoms with Crippen molar-refractivity contribution < 1.29 is 23.4 Å². The number of hydrogen-bond acceptors (Lipinski definition) is 5. The molecule has 0 radical (unpaired) electrons. The molecule has 0 bridgehead atoms. The lowest BCUT2D eigenvalue weighted by molar-refractivity contribution is 0.0971. The topological polar surface area (TPSA) is 80.0 Å². The Balaban J connectivity index is 1.83. The summed E-state index contributed by atoms with van der Waals surface area (Å²) in [5, 5.41) is 10.1. The number of hydrogen-bond donors (Lipinski definition) is 1. The Kier molecular flexibility index (Phi) is 4.70. The van der Waals surface area contributed by atoms with Gasteiger partial charge in [0.15, 0.2) is 16.9 Å². The Morgan fingerprint density at radius 2 is 1.79 bits per heavy atom. The molecule has 1 aliphatic heterocycles. The molecule has 1 amide bonds. The van der Waals surface area contributed by atoms with Gasteiger partial charge in [-0.15, -0.1) is 0 Å². The summed E-state index contributed by atoms with van der Waals surface area (Å²) >= 11 is 0. The second kappa shape index (κ2) is 7.48. The normalized spacial score (nSPS) is 15.2. The molecule has 33 heavy (non-hydrogen) atoms. The number of amides is 1. The van der Waals surface area contributed by atoms with Crippen molar-refractivity contribution in [2.75, 3.05) is 12.0 Å². The first-order valence-corrected chi connectivity index (χ1v) is 10.3.